The van der Waals surface area contributed by atoms with Gasteiger partial charge in [0.05, 0.1) is 0 Å². The van der Waals surface area contributed by atoms with Gasteiger partial charge in [0.15, 0.2) is 0 Å². The van der Waals surface area contributed by atoms with Crippen LogP contribution in [0.25, 0.3) is 0 Å². The molecule has 1 aliphatic rings. The van der Waals surface area contributed by atoms with Crippen LogP contribution in [0, 0.1) is 12.8 Å². The minimum Gasteiger partial charge on any atom is -0.356 e. The van der Waals surface area contributed by atoms with E-state index in [1.807, 2.05) is 13.1 Å². The van der Waals surface area contributed by atoms with Crippen molar-refractivity contribution in [3.8, 4) is 0 Å². The van der Waals surface area contributed by atoms with Gasteiger partial charge in [-0.1, -0.05) is 19.4 Å². The molecule has 1 aromatic rings. The van der Waals surface area contributed by atoms with Gasteiger partial charge in [-0.15, -0.1) is 0 Å². The standard InChI is InChI=1S/C16H27N3/c1-4-14-6-5-7-19(11-14)16-12(2)8-15(10-18-16)9-13(3)17/h8,10,13-14H,4-7,9,11,17H2,1-3H3. The highest BCUT2D eigenvalue weighted by Gasteiger charge is 2.20. The van der Waals surface area contributed by atoms with Crippen molar-refractivity contribution in [3.63, 3.8) is 0 Å². The van der Waals surface area contributed by atoms with Crippen LogP contribution in [-0.2, 0) is 6.42 Å². The van der Waals surface area contributed by atoms with Crippen molar-refractivity contribution >= 4 is 5.82 Å². The summed E-state index contributed by atoms with van der Waals surface area (Å²) < 4.78 is 0. The molecule has 2 heterocycles. The van der Waals surface area contributed by atoms with Gasteiger partial charge in [-0.25, -0.2) is 4.98 Å². The molecule has 0 aromatic carbocycles. The summed E-state index contributed by atoms with van der Waals surface area (Å²) in [5.74, 6) is 2.00. The topological polar surface area (TPSA) is 42.2 Å². The third-order valence-electron chi connectivity index (χ3n) is 4.06. The van der Waals surface area contributed by atoms with E-state index in [0.29, 0.717) is 0 Å². The van der Waals surface area contributed by atoms with Gasteiger partial charge in [-0.3, -0.25) is 0 Å². The first-order valence-electron chi connectivity index (χ1n) is 7.56. The van der Waals surface area contributed by atoms with Gasteiger partial charge >= 0.3 is 0 Å². The fourth-order valence-electron chi connectivity index (χ4n) is 3.03. The van der Waals surface area contributed by atoms with Crippen molar-refractivity contribution in [2.24, 2.45) is 11.7 Å². The fraction of sp³-hybridized carbons (Fsp3) is 0.688. The lowest BCUT2D eigenvalue weighted by atomic mass is 9.95. The summed E-state index contributed by atoms with van der Waals surface area (Å²) in [5.41, 5.74) is 8.39. The zero-order valence-corrected chi connectivity index (χ0v) is 12.5. The van der Waals surface area contributed by atoms with Crippen LogP contribution in [-0.4, -0.2) is 24.1 Å². The molecule has 0 amide bonds. The van der Waals surface area contributed by atoms with Crippen LogP contribution in [0.2, 0.25) is 0 Å². The number of piperidine rings is 1. The Morgan fingerprint density at radius 1 is 1.53 bits per heavy atom. The molecule has 0 radical (unpaired) electrons. The molecule has 2 unspecified atom stereocenters. The molecule has 1 aliphatic heterocycles. The predicted octanol–water partition coefficient (Wildman–Crippen LogP) is 2.91. The average molecular weight is 261 g/mol. The number of nitrogens with zero attached hydrogens (tertiary/aromatic N) is 2. The molecular formula is C16H27N3. The summed E-state index contributed by atoms with van der Waals surface area (Å²) in [7, 11) is 0. The van der Waals surface area contributed by atoms with Crippen LogP contribution >= 0.6 is 0 Å². The SMILES string of the molecule is CCC1CCCN(c2ncc(CC(C)N)cc2C)C1. The highest BCUT2D eigenvalue weighted by atomic mass is 15.2. The van der Waals surface area contributed by atoms with E-state index in [-0.39, 0.29) is 6.04 Å². The van der Waals surface area contributed by atoms with Gasteiger partial charge < -0.3 is 10.6 Å². The predicted molar refractivity (Wildman–Crippen MR) is 81.6 cm³/mol. The third kappa shape index (κ3) is 3.69. The number of aryl methyl sites for hydroxylation is 1. The molecule has 2 N–H and O–H groups in total. The summed E-state index contributed by atoms with van der Waals surface area (Å²) in [6.07, 6.45) is 6.85. The summed E-state index contributed by atoms with van der Waals surface area (Å²) in [4.78, 5) is 7.16. The largest absolute Gasteiger partial charge is 0.356 e. The molecule has 3 heteroatoms. The van der Waals surface area contributed by atoms with Gasteiger partial charge in [0.1, 0.15) is 5.82 Å². The van der Waals surface area contributed by atoms with E-state index >= 15 is 0 Å². The van der Waals surface area contributed by atoms with Crippen molar-refractivity contribution in [2.45, 2.75) is 52.5 Å². The Hall–Kier alpha value is -1.09. The molecule has 106 valence electrons. The quantitative estimate of drug-likeness (QED) is 0.906. The van der Waals surface area contributed by atoms with Gasteiger partial charge in [0.25, 0.3) is 0 Å². The summed E-state index contributed by atoms with van der Waals surface area (Å²) >= 11 is 0. The smallest absolute Gasteiger partial charge is 0.131 e. The number of anilines is 1. The highest BCUT2D eigenvalue weighted by molar-refractivity contribution is 5.47. The maximum Gasteiger partial charge on any atom is 0.131 e. The molecule has 1 fully saturated rings. The lowest BCUT2D eigenvalue weighted by molar-refractivity contribution is 0.402. The van der Waals surface area contributed by atoms with Gasteiger partial charge in [0.2, 0.25) is 0 Å². The summed E-state index contributed by atoms with van der Waals surface area (Å²) in [6.45, 7) is 8.82. The normalized spacial score (nSPS) is 21.5. The van der Waals surface area contributed by atoms with Crippen molar-refractivity contribution < 1.29 is 0 Å². The van der Waals surface area contributed by atoms with E-state index < -0.39 is 0 Å². The molecule has 2 atom stereocenters. The fourth-order valence-corrected chi connectivity index (χ4v) is 3.03. The molecule has 0 saturated carbocycles. The second-order valence-electron chi connectivity index (χ2n) is 6.03. The molecule has 0 bridgehead atoms. The van der Waals surface area contributed by atoms with Crippen LogP contribution in [0.3, 0.4) is 0 Å². The van der Waals surface area contributed by atoms with Gasteiger partial charge in [-0.2, -0.15) is 0 Å². The van der Waals surface area contributed by atoms with Crippen molar-refractivity contribution in [1.82, 2.24) is 4.98 Å². The first kappa shape index (κ1) is 14.3. The zero-order valence-electron chi connectivity index (χ0n) is 12.5. The highest BCUT2D eigenvalue weighted by Crippen LogP contribution is 2.26. The minimum atomic E-state index is 0.200. The zero-order chi connectivity index (χ0) is 13.8. The maximum absolute atomic E-state index is 5.85. The number of rotatable bonds is 4. The molecule has 1 saturated heterocycles. The first-order valence-corrected chi connectivity index (χ1v) is 7.56. The van der Waals surface area contributed by atoms with Crippen molar-refractivity contribution in [2.75, 3.05) is 18.0 Å². The molecule has 1 aromatic heterocycles. The first-order chi connectivity index (χ1) is 9.10. The lowest BCUT2D eigenvalue weighted by Gasteiger charge is -2.34. The van der Waals surface area contributed by atoms with E-state index in [1.54, 1.807) is 0 Å². The van der Waals surface area contributed by atoms with Crippen LogP contribution in [0.4, 0.5) is 5.82 Å². The molecule has 0 spiro atoms. The lowest BCUT2D eigenvalue weighted by Crippen LogP contribution is -2.36. The van der Waals surface area contributed by atoms with Crippen LogP contribution < -0.4 is 10.6 Å². The summed E-state index contributed by atoms with van der Waals surface area (Å²) in [6, 6.07) is 2.45. The van der Waals surface area contributed by atoms with Crippen molar-refractivity contribution in [1.29, 1.82) is 0 Å². The molecule has 0 aliphatic carbocycles. The second kappa shape index (κ2) is 6.38. The third-order valence-corrected chi connectivity index (χ3v) is 4.06. The molecular weight excluding hydrogens is 234 g/mol. The Morgan fingerprint density at radius 2 is 2.32 bits per heavy atom. The average Bonchev–Trinajstić information content (AvgIpc) is 2.38. The molecule has 2 rings (SSSR count). The monoisotopic (exact) mass is 261 g/mol. The van der Waals surface area contributed by atoms with Gasteiger partial charge in [-0.05, 0) is 50.2 Å². The van der Waals surface area contributed by atoms with Crippen molar-refractivity contribution in [3.05, 3.63) is 23.4 Å². The Labute approximate surface area is 117 Å². The molecule has 3 nitrogen and oxygen atoms in total. The van der Waals surface area contributed by atoms with E-state index in [1.165, 1.54) is 36.2 Å². The number of aromatic nitrogens is 1. The minimum absolute atomic E-state index is 0.200. The van der Waals surface area contributed by atoms with Crippen LogP contribution in [0.1, 0.15) is 44.2 Å². The Balaban J connectivity index is 2.11. The van der Waals surface area contributed by atoms with E-state index in [0.717, 1.165) is 25.4 Å². The Bertz CT molecular complexity index is 414. The number of pyridine rings is 1. The van der Waals surface area contributed by atoms with Crippen LogP contribution in [0.5, 0.6) is 0 Å². The number of nitrogens with two attached hydrogens (primary N) is 1. The van der Waals surface area contributed by atoms with Crippen LogP contribution in [0.15, 0.2) is 12.3 Å². The molecule has 19 heavy (non-hydrogen) atoms. The maximum atomic E-state index is 5.85. The number of hydrogen-bond acceptors (Lipinski definition) is 3. The second-order valence-corrected chi connectivity index (χ2v) is 6.03. The summed E-state index contributed by atoms with van der Waals surface area (Å²) in [5, 5.41) is 0. The van der Waals surface area contributed by atoms with E-state index in [2.05, 4.69) is 24.8 Å². The van der Waals surface area contributed by atoms with Gasteiger partial charge in [0, 0.05) is 25.3 Å². The van der Waals surface area contributed by atoms with E-state index in [4.69, 9.17) is 10.7 Å². The Morgan fingerprint density at radius 3 is 2.95 bits per heavy atom. The van der Waals surface area contributed by atoms with E-state index in [9.17, 15) is 0 Å². The number of hydrogen-bond donors (Lipinski definition) is 1. The Kier molecular flexibility index (Phi) is 4.81.